The van der Waals surface area contributed by atoms with Crippen molar-refractivity contribution in [1.82, 2.24) is 10.2 Å². The first kappa shape index (κ1) is 14.6. The summed E-state index contributed by atoms with van der Waals surface area (Å²) in [5, 5.41) is 12.2. The minimum absolute atomic E-state index is 0.183. The van der Waals surface area contributed by atoms with E-state index in [0.717, 1.165) is 0 Å². The van der Waals surface area contributed by atoms with Crippen LogP contribution < -0.4 is 5.32 Å². The summed E-state index contributed by atoms with van der Waals surface area (Å²) in [7, 11) is 0. The molecule has 2 aliphatic rings. The molecule has 3 atom stereocenters. The van der Waals surface area contributed by atoms with Crippen molar-refractivity contribution in [1.29, 1.82) is 0 Å². The molecule has 19 heavy (non-hydrogen) atoms. The highest BCUT2D eigenvalue weighted by molar-refractivity contribution is 5.84. The van der Waals surface area contributed by atoms with Gasteiger partial charge in [-0.05, 0) is 25.3 Å². The average Bonchev–Trinajstić information content (AvgIpc) is 2.81. The van der Waals surface area contributed by atoms with E-state index in [1.54, 1.807) is 6.92 Å². The molecule has 0 radical (unpaired) electrons. The summed E-state index contributed by atoms with van der Waals surface area (Å²) >= 11 is 0. The first-order valence-corrected chi connectivity index (χ1v) is 6.53. The van der Waals surface area contributed by atoms with Crippen LogP contribution in [0, 0.1) is 11.3 Å². The molecule has 2 fully saturated rings. The fourth-order valence-corrected chi connectivity index (χ4v) is 2.86. The van der Waals surface area contributed by atoms with Crippen LogP contribution in [0.25, 0.3) is 0 Å². The van der Waals surface area contributed by atoms with Gasteiger partial charge in [0.15, 0.2) is 5.41 Å². The molecule has 110 valence electrons. The van der Waals surface area contributed by atoms with Crippen LogP contribution >= 0.6 is 0 Å². The summed E-state index contributed by atoms with van der Waals surface area (Å²) in [6.45, 7) is 2.00. The van der Waals surface area contributed by atoms with E-state index < -0.39 is 23.6 Å². The maximum atomic E-state index is 13.3. The molecule has 4 nitrogen and oxygen atoms in total. The molecular weight excluding hydrogens is 261 g/mol. The number of hydrogen-bond acceptors (Lipinski definition) is 3. The van der Waals surface area contributed by atoms with Crippen LogP contribution in [0.4, 0.5) is 13.2 Å². The molecule has 0 aromatic carbocycles. The molecule has 2 rings (SSSR count). The second-order valence-electron chi connectivity index (χ2n) is 5.59. The van der Waals surface area contributed by atoms with Crippen molar-refractivity contribution >= 4 is 5.91 Å². The van der Waals surface area contributed by atoms with E-state index in [4.69, 9.17) is 0 Å². The van der Waals surface area contributed by atoms with Crippen LogP contribution in [-0.4, -0.2) is 54.4 Å². The molecule has 0 aromatic heterocycles. The van der Waals surface area contributed by atoms with Gasteiger partial charge in [0.25, 0.3) is 0 Å². The van der Waals surface area contributed by atoms with E-state index in [-0.39, 0.29) is 38.5 Å². The Hall–Kier alpha value is -0.820. The smallest absolute Gasteiger partial charge is 0.393 e. The van der Waals surface area contributed by atoms with Crippen molar-refractivity contribution in [3.63, 3.8) is 0 Å². The van der Waals surface area contributed by atoms with Gasteiger partial charge in [0, 0.05) is 19.6 Å². The summed E-state index contributed by atoms with van der Waals surface area (Å²) in [4.78, 5) is 13.6. The van der Waals surface area contributed by atoms with Gasteiger partial charge >= 0.3 is 6.18 Å². The number of likely N-dealkylation sites (tertiary alicyclic amines) is 1. The number of aliphatic hydroxyl groups excluding tert-OH is 1. The molecular formula is C12H19F3N2O2. The quantitative estimate of drug-likeness (QED) is 0.745. The van der Waals surface area contributed by atoms with Crippen molar-refractivity contribution in [3.8, 4) is 0 Å². The lowest BCUT2D eigenvalue weighted by Crippen LogP contribution is -2.56. The molecule has 0 saturated carbocycles. The Balaban J connectivity index is 2.17. The number of nitrogens with zero attached hydrogens (tertiary/aromatic N) is 1. The number of rotatable bonds is 1. The maximum Gasteiger partial charge on any atom is 0.404 e. The largest absolute Gasteiger partial charge is 0.404 e. The zero-order chi connectivity index (χ0) is 14.3. The highest BCUT2D eigenvalue weighted by Crippen LogP contribution is 2.44. The van der Waals surface area contributed by atoms with Crippen LogP contribution in [0.5, 0.6) is 0 Å². The Morgan fingerprint density at radius 1 is 1.47 bits per heavy atom. The second kappa shape index (κ2) is 4.94. The Morgan fingerprint density at radius 3 is 2.63 bits per heavy atom. The molecule has 1 amide bonds. The molecule has 2 saturated heterocycles. The molecule has 0 aromatic rings. The zero-order valence-corrected chi connectivity index (χ0v) is 10.8. The third-order valence-corrected chi connectivity index (χ3v) is 4.25. The van der Waals surface area contributed by atoms with Gasteiger partial charge in [0.05, 0.1) is 6.10 Å². The number of carbonyl (C=O) groups is 1. The Bertz CT molecular complexity index is 353. The van der Waals surface area contributed by atoms with E-state index in [2.05, 4.69) is 5.32 Å². The van der Waals surface area contributed by atoms with Gasteiger partial charge < -0.3 is 15.3 Å². The summed E-state index contributed by atoms with van der Waals surface area (Å²) in [6.07, 6.45) is -4.93. The number of halogens is 3. The van der Waals surface area contributed by atoms with Gasteiger partial charge in [-0.25, -0.2) is 0 Å². The first-order chi connectivity index (χ1) is 8.78. The summed E-state index contributed by atoms with van der Waals surface area (Å²) < 4.78 is 39.8. The van der Waals surface area contributed by atoms with Crippen LogP contribution in [0.2, 0.25) is 0 Å². The van der Waals surface area contributed by atoms with Crippen molar-refractivity contribution < 1.29 is 23.1 Å². The number of carbonyl (C=O) groups excluding carboxylic acids is 1. The molecule has 2 aliphatic heterocycles. The van der Waals surface area contributed by atoms with E-state index in [1.165, 1.54) is 4.90 Å². The molecule has 0 aliphatic carbocycles. The Labute approximate surface area is 110 Å². The molecule has 3 unspecified atom stereocenters. The van der Waals surface area contributed by atoms with Crippen LogP contribution in [0.3, 0.4) is 0 Å². The Morgan fingerprint density at radius 2 is 2.16 bits per heavy atom. The number of hydrogen-bond donors (Lipinski definition) is 2. The van der Waals surface area contributed by atoms with Gasteiger partial charge in [0.1, 0.15) is 0 Å². The van der Waals surface area contributed by atoms with Crippen LogP contribution in [0.15, 0.2) is 0 Å². The summed E-state index contributed by atoms with van der Waals surface area (Å²) in [6, 6.07) is 0. The third kappa shape index (κ3) is 2.45. The predicted molar refractivity (Wildman–Crippen MR) is 62.3 cm³/mol. The minimum Gasteiger partial charge on any atom is -0.393 e. The fraction of sp³-hybridized carbons (Fsp3) is 0.917. The second-order valence-corrected chi connectivity index (χ2v) is 5.59. The van der Waals surface area contributed by atoms with Crippen molar-refractivity contribution in [3.05, 3.63) is 0 Å². The van der Waals surface area contributed by atoms with Gasteiger partial charge in [-0.2, -0.15) is 13.2 Å². The van der Waals surface area contributed by atoms with Crippen molar-refractivity contribution in [2.45, 2.75) is 32.0 Å². The van der Waals surface area contributed by atoms with Crippen molar-refractivity contribution in [2.24, 2.45) is 11.3 Å². The minimum atomic E-state index is -4.53. The summed E-state index contributed by atoms with van der Waals surface area (Å²) in [5.74, 6) is -1.03. The lowest BCUT2D eigenvalue weighted by atomic mass is 9.83. The van der Waals surface area contributed by atoms with Gasteiger partial charge in [-0.1, -0.05) is 6.92 Å². The van der Waals surface area contributed by atoms with Gasteiger partial charge in [-0.3, -0.25) is 4.79 Å². The molecule has 7 heteroatoms. The number of alkyl halides is 3. The highest BCUT2D eigenvalue weighted by Gasteiger charge is 2.62. The van der Waals surface area contributed by atoms with Gasteiger partial charge in [0.2, 0.25) is 5.91 Å². The lowest BCUT2D eigenvalue weighted by molar-refractivity contribution is -0.223. The number of amides is 1. The lowest BCUT2D eigenvalue weighted by Gasteiger charge is -2.40. The van der Waals surface area contributed by atoms with E-state index >= 15 is 0 Å². The van der Waals surface area contributed by atoms with Crippen LogP contribution in [0.1, 0.15) is 19.8 Å². The van der Waals surface area contributed by atoms with Crippen LogP contribution in [-0.2, 0) is 4.79 Å². The number of aliphatic hydroxyl groups is 1. The van der Waals surface area contributed by atoms with Gasteiger partial charge in [-0.15, -0.1) is 0 Å². The highest BCUT2D eigenvalue weighted by atomic mass is 19.4. The molecule has 2 N–H and O–H groups in total. The molecule has 0 bridgehead atoms. The van der Waals surface area contributed by atoms with E-state index in [9.17, 15) is 23.1 Å². The predicted octanol–water partition coefficient (Wildman–Crippen LogP) is 0.758. The molecule has 2 heterocycles. The zero-order valence-electron chi connectivity index (χ0n) is 10.8. The van der Waals surface area contributed by atoms with Crippen molar-refractivity contribution in [2.75, 3.05) is 26.2 Å². The van der Waals surface area contributed by atoms with E-state index in [0.29, 0.717) is 6.42 Å². The molecule has 0 spiro atoms. The Kier molecular flexibility index (Phi) is 3.79. The standard InChI is InChI=1S/C12H19F3N2O2/c1-8-6-17(5-2-9(8)18)10(19)11(12(13,14)15)3-4-16-7-11/h8-9,16,18H,2-7H2,1H3. The van der Waals surface area contributed by atoms with E-state index in [1.807, 2.05) is 0 Å². The normalized spacial score (nSPS) is 36.6. The SMILES string of the molecule is CC1CN(C(=O)C2(C(F)(F)F)CCNC2)CCC1O. The average molecular weight is 280 g/mol. The summed E-state index contributed by atoms with van der Waals surface area (Å²) in [5.41, 5.74) is -2.28. The third-order valence-electron chi connectivity index (χ3n) is 4.25. The maximum absolute atomic E-state index is 13.3. The topological polar surface area (TPSA) is 52.6 Å². The first-order valence-electron chi connectivity index (χ1n) is 6.53. The fourth-order valence-electron chi connectivity index (χ4n) is 2.86. The number of nitrogens with one attached hydrogen (secondary N) is 1. The number of piperidine rings is 1. The monoisotopic (exact) mass is 280 g/mol.